The molecule has 0 aliphatic carbocycles. The Hall–Kier alpha value is 0.170. The highest BCUT2D eigenvalue weighted by Gasteiger charge is 2.47. The maximum atomic E-state index is 5.82. The van der Waals surface area contributed by atoms with E-state index >= 15 is 0 Å². The van der Waals surface area contributed by atoms with Crippen LogP contribution in [0.15, 0.2) is 0 Å². The van der Waals surface area contributed by atoms with Gasteiger partial charge in [0.15, 0.2) is 6.29 Å². The van der Waals surface area contributed by atoms with E-state index in [9.17, 15) is 0 Å². The molecule has 1 fully saturated rings. The van der Waals surface area contributed by atoms with Crippen molar-refractivity contribution in [3.05, 3.63) is 0 Å². The van der Waals surface area contributed by atoms with Crippen LogP contribution in [0, 0.1) is 0 Å². The average molecular weight is 237 g/mol. The zero-order valence-electron chi connectivity index (χ0n) is 9.96. The summed E-state index contributed by atoms with van der Waals surface area (Å²) in [4.78, 5) is 0. The van der Waals surface area contributed by atoms with Gasteiger partial charge >= 0.3 is 0 Å². The van der Waals surface area contributed by atoms with Crippen LogP contribution >= 0.6 is 11.6 Å². The molecule has 90 valence electrons. The summed E-state index contributed by atoms with van der Waals surface area (Å²) in [5.41, 5.74) is 0.0593. The normalized spacial score (nSPS) is 27.4. The molecule has 0 spiro atoms. The van der Waals surface area contributed by atoms with Crippen molar-refractivity contribution in [1.29, 1.82) is 0 Å². The zero-order valence-corrected chi connectivity index (χ0v) is 10.7. The molecule has 4 heteroatoms. The lowest BCUT2D eigenvalue weighted by atomic mass is 10.0. The molecule has 0 saturated carbocycles. The molecule has 0 bridgehead atoms. The van der Waals surface area contributed by atoms with Gasteiger partial charge < -0.3 is 14.2 Å². The molecule has 3 atom stereocenters. The van der Waals surface area contributed by atoms with Crippen LogP contribution in [0.3, 0.4) is 0 Å². The molecule has 0 aromatic carbocycles. The van der Waals surface area contributed by atoms with E-state index in [1.807, 2.05) is 6.92 Å². The van der Waals surface area contributed by atoms with E-state index < -0.39 is 0 Å². The summed E-state index contributed by atoms with van der Waals surface area (Å²) in [6.45, 7) is 6.08. The first-order valence-electron chi connectivity index (χ1n) is 5.41. The van der Waals surface area contributed by atoms with Crippen LogP contribution in [-0.2, 0) is 14.2 Å². The molecule has 1 aliphatic heterocycles. The Morgan fingerprint density at radius 2 is 2.07 bits per heavy atom. The molecular weight excluding hydrogens is 216 g/mol. The van der Waals surface area contributed by atoms with E-state index in [1.165, 1.54) is 0 Å². The van der Waals surface area contributed by atoms with Gasteiger partial charge in [0.25, 0.3) is 0 Å². The molecule has 0 aromatic heterocycles. The first kappa shape index (κ1) is 13.2. The maximum absolute atomic E-state index is 5.82. The van der Waals surface area contributed by atoms with Gasteiger partial charge in [0, 0.05) is 13.0 Å². The van der Waals surface area contributed by atoms with Crippen LogP contribution in [0.25, 0.3) is 0 Å². The predicted molar refractivity (Wildman–Crippen MR) is 60.3 cm³/mol. The van der Waals surface area contributed by atoms with Crippen LogP contribution in [0.2, 0.25) is 0 Å². The van der Waals surface area contributed by atoms with Crippen molar-refractivity contribution in [2.45, 2.75) is 57.7 Å². The van der Waals surface area contributed by atoms with Gasteiger partial charge in [-0.3, -0.25) is 0 Å². The van der Waals surface area contributed by atoms with Gasteiger partial charge in [0.1, 0.15) is 0 Å². The molecule has 0 radical (unpaired) electrons. The predicted octanol–water partition coefficient (Wildman–Crippen LogP) is 2.56. The van der Waals surface area contributed by atoms with Crippen molar-refractivity contribution in [3.63, 3.8) is 0 Å². The summed E-state index contributed by atoms with van der Waals surface area (Å²) in [6, 6.07) is 0. The number of methoxy groups -OCH3 is 1. The standard InChI is InChI=1S/C11H21ClO3/c1-8(13-4)14-9(7-12)5-6-10-11(2,3)15-10/h8-10H,5-7H2,1-4H3. The molecule has 3 nitrogen and oxygen atoms in total. The summed E-state index contributed by atoms with van der Waals surface area (Å²) >= 11 is 5.82. The zero-order chi connectivity index (χ0) is 11.5. The van der Waals surface area contributed by atoms with Crippen molar-refractivity contribution >= 4 is 11.6 Å². The third-order valence-electron chi connectivity index (χ3n) is 2.80. The fourth-order valence-corrected chi connectivity index (χ4v) is 1.81. The SMILES string of the molecule is COC(C)OC(CCl)CCC1OC1(C)C. The maximum Gasteiger partial charge on any atom is 0.154 e. The summed E-state index contributed by atoms with van der Waals surface area (Å²) in [7, 11) is 1.63. The Kier molecular flexibility index (Phi) is 4.84. The highest BCUT2D eigenvalue weighted by Crippen LogP contribution is 2.38. The molecule has 1 aliphatic rings. The topological polar surface area (TPSA) is 31.0 Å². The lowest BCUT2D eigenvalue weighted by Gasteiger charge is -2.19. The third kappa shape index (κ3) is 4.27. The Bertz CT molecular complexity index is 196. The largest absolute Gasteiger partial charge is 0.367 e. The second kappa shape index (κ2) is 5.48. The fraction of sp³-hybridized carbons (Fsp3) is 1.00. The lowest BCUT2D eigenvalue weighted by molar-refractivity contribution is -0.140. The van der Waals surface area contributed by atoms with Gasteiger partial charge in [-0.2, -0.15) is 0 Å². The molecule has 0 amide bonds. The van der Waals surface area contributed by atoms with E-state index in [1.54, 1.807) is 7.11 Å². The quantitative estimate of drug-likeness (QED) is 0.387. The molecule has 1 rings (SSSR count). The van der Waals surface area contributed by atoms with Crippen LogP contribution in [-0.4, -0.2) is 37.1 Å². The van der Waals surface area contributed by atoms with Crippen molar-refractivity contribution in [2.24, 2.45) is 0 Å². The number of alkyl halides is 1. The Balaban J connectivity index is 2.17. The number of rotatable bonds is 7. The summed E-state index contributed by atoms with van der Waals surface area (Å²) in [5, 5.41) is 0. The lowest BCUT2D eigenvalue weighted by Crippen LogP contribution is -2.23. The van der Waals surface area contributed by atoms with E-state index in [-0.39, 0.29) is 18.0 Å². The average Bonchev–Trinajstić information content (AvgIpc) is 2.80. The monoisotopic (exact) mass is 236 g/mol. The summed E-state index contributed by atoms with van der Waals surface area (Å²) in [6.07, 6.45) is 2.15. The molecular formula is C11H21ClO3. The molecule has 3 unspecified atom stereocenters. The Morgan fingerprint density at radius 1 is 1.47 bits per heavy atom. The third-order valence-corrected chi connectivity index (χ3v) is 3.15. The second-order valence-electron chi connectivity index (χ2n) is 4.50. The van der Waals surface area contributed by atoms with Crippen LogP contribution < -0.4 is 0 Å². The van der Waals surface area contributed by atoms with E-state index in [4.69, 9.17) is 25.8 Å². The molecule has 1 saturated heterocycles. The molecule has 1 heterocycles. The Morgan fingerprint density at radius 3 is 2.47 bits per heavy atom. The summed E-state index contributed by atoms with van der Waals surface area (Å²) in [5.74, 6) is 0.501. The Labute approximate surface area is 97.0 Å². The number of epoxide rings is 1. The molecule has 0 aromatic rings. The number of ether oxygens (including phenoxy) is 3. The van der Waals surface area contributed by atoms with E-state index in [0.717, 1.165) is 12.8 Å². The van der Waals surface area contributed by atoms with Gasteiger partial charge in [-0.05, 0) is 33.6 Å². The van der Waals surface area contributed by atoms with Crippen LogP contribution in [0.4, 0.5) is 0 Å². The number of hydrogen-bond acceptors (Lipinski definition) is 3. The van der Waals surface area contributed by atoms with Crippen LogP contribution in [0.5, 0.6) is 0 Å². The highest BCUT2D eigenvalue weighted by atomic mass is 35.5. The highest BCUT2D eigenvalue weighted by molar-refractivity contribution is 6.18. The minimum Gasteiger partial charge on any atom is -0.367 e. The van der Waals surface area contributed by atoms with Crippen LogP contribution in [0.1, 0.15) is 33.6 Å². The molecule has 0 N–H and O–H groups in total. The fourth-order valence-electron chi connectivity index (χ4n) is 1.58. The van der Waals surface area contributed by atoms with Crippen molar-refractivity contribution in [2.75, 3.05) is 13.0 Å². The van der Waals surface area contributed by atoms with E-state index in [2.05, 4.69) is 13.8 Å². The number of halogens is 1. The van der Waals surface area contributed by atoms with Crippen molar-refractivity contribution in [3.8, 4) is 0 Å². The second-order valence-corrected chi connectivity index (χ2v) is 4.81. The van der Waals surface area contributed by atoms with Gasteiger partial charge in [0.2, 0.25) is 0 Å². The van der Waals surface area contributed by atoms with Gasteiger partial charge in [-0.15, -0.1) is 11.6 Å². The van der Waals surface area contributed by atoms with Gasteiger partial charge in [0.05, 0.1) is 17.8 Å². The van der Waals surface area contributed by atoms with Crippen molar-refractivity contribution in [1.82, 2.24) is 0 Å². The molecule has 15 heavy (non-hydrogen) atoms. The van der Waals surface area contributed by atoms with E-state index in [0.29, 0.717) is 12.0 Å². The first-order valence-corrected chi connectivity index (χ1v) is 5.95. The summed E-state index contributed by atoms with van der Waals surface area (Å²) < 4.78 is 16.1. The minimum atomic E-state index is -0.193. The van der Waals surface area contributed by atoms with Gasteiger partial charge in [-0.25, -0.2) is 0 Å². The van der Waals surface area contributed by atoms with Gasteiger partial charge in [-0.1, -0.05) is 0 Å². The minimum absolute atomic E-state index is 0.0571. The smallest absolute Gasteiger partial charge is 0.154 e. The first-order chi connectivity index (χ1) is 6.99. The number of hydrogen-bond donors (Lipinski definition) is 0. The van der Waals surface area contributed by atoms with Crippen molar-refractivity contribution < 1.29 is 14.2 Å².